The fourth-order valence-electron chi connectivity index (χ4n) is 9.69. The monoisotopic (exact) mass is 648 g/mol. The van der Waals surface area contributed by atoms with Gasteiger partial charge in [-0.3, -0.25) is 19.2 Å². The Kier molecular flexibility index (Phi) is 8.67. The Morgan fingerprint density at radius 3 is 2.62 bits per heavy atom. The lowest BCUT2D eigenvalue weighted by Crippen LogP contribution is -2.62. The molecule has 252 valence electrons. The van der Waals surface area contributed by atoms with Crippen LogP contribution in [0.25, 0.3) is 10.9 Å². The summed E-state index contributed by atoms with van der Waals surface area (Å²) in [5.41, 5.74) is -0.282. The number of carbonyl (C=O) groups is 5. The van der Waals surface area contributed by atoms with Gasteiger partial charge in [-0.15, -0.1) is 0 Å². The molecular formula is C36H44N2O9. The highest BCUT2D eigenvalue weighted by Crippen LogP contribution is 2.67. The van der Waals surface area contributed by atoms with Gasteiger partial charge in [-0.2, -0.15) is 0 Å². The van der Waals surface area contributed by atoms with Crippen LogP contribution in [0.4, 0.5) is 0 Å². The number of hydrogen-bond acceptors (Lipinski definition) is 8. The lowest BCUT2D eigenvalue weighted by atomic mass is 9.45. The van der Waals surface area contributed by atoms with Crippen LogP contribution in [0, 0.1) is 28.6 Å². The first-order valence-corrected chi connectivity index (χ1v) is 16.7. The van der Waals surface area contributed by atoms with Crippen molar-refractivity contribution in [3.8, 4) is 0 Å². The number of para-hydroxylation sites is 1. The van der Waals surface area contributed by atoms with Crippen molar-refractivity contribution in [2.45, 2.75) is 95.8 Å². The van der Waals surface area contributed by atoms with Crippen LogP contribution >= 0.6 is 0 Å². The van der Waals surface area contributed by atoms with Crippen molar-refractivity contribution in [3.05, 3.63) is 47.7 Å². The van der Waals surface area contributed by atoms with Crippen LogP contribution in [0.2, 0.25) is 0 Å². The number of ketones is 2. The van der Waals surface area contributed by atoms with E-state index in [-0.39, 0.29) is 61.1 Å². The molecule has 4 aliphatic rings. The predicted molar refractivity (Wildman–Crippen MR) is 170 cm³/mol. The highest BCUT2D eigenvalue weighted by atomic mass is 16.5. The smallest absolute Gasteiger partial charge is 0.326 e. The number of hydrogen-bond donors (Lipinski definition) is 5. The van der Waals surface area contributed by atoms with Crippen molar-refractivity contribution < 1.29 is 44.0 Å². The molecule has 2 aromatic rings. The summed E-state index contributed by atoms with van der Waals surface area (Å²) in [5.74, 6) is -3.12. The first kappa shape index (κ1) is 33.1. The zero-order chi connectivity index (χ0) is 33.7. The summed E-state index contributed by atoms with van der Waals surface area (Å²) in [7, 11) is 0. The summed E-state index contributed by atoms with van der Waals surface area (Å²) in [5, 5.41) is 36.5. The van der Waals surface area contributed by atoms with E-state index in [1.165, 1.54) is 0 Å². The van der Waals surface area contributed by atoms with Gasteiger partial charge in [0.15, 0.2) is 12.4 Å². The molecule has 4 aliphatic carbocycles. The second-order valence-corrected chi connectivity index (χ2v) is 14.6. The van der Waals surface area contributed by atoms with Crippen LogP contribution in [-0.4, -0.2) is 74.1 Å². The third-order valence-corrected chi connectivity index (χ3v) is 12.2. The largest absolute Gasteiger partial charge is 0.480 e. The van der Waals surface area contributed by atoms with Gasteiger partial charge in [-0.25, -0.2) is 4.79 Å². The molecule has 11 nitrogen and oxygen atoms in total. The number of aromatic nitrogens is 1. The minimum atomic E-state index is -1.78. The molecule has 1 amide bonds. The Hall–Kier alpha value is -3.83. The topological polar surface area (TPSA) is 183 Å². The van der Waals surface area contributed by atoms with Gasteiger partial charge >= 0.3 is 11.9 Å². The highest BCUT2D eigenvalue weighted by Gasteiger charge is 2.68. The van der Waals surface area contributed by atoms with E-state index in [2.05, 4.69) is 17.2 Å². The Balaban J connectivity index is 1.03. The van der Waals surface area contributed by atoms with Gasteiger partial charge in [0, 0.05) is 41.8 Å². The average Bonchev–Trinajstić information content (AvgIpc) is 3.56. The number of aliphatic carboxylic acids is 1. The van der Waals surface area contributed by atoms with Crippen LogP contribution in [0.3, 0.4) is 0 Å². The van der Waals surface area contributed by atoms with E-state index in [1.807, 2.05) is 31.2 Å². The molecule has 11 heteroatoms. The molecule has 0 spiro atoms. The van der Waals surface area contributed by atoms with Gasteiger partial charge in [0.1, 0.15) is 11.6 Å². The Bertz CT molecular complexity index is 1650. The number of esters is 1. The number of carboxylic acid groups (broad SMARTS) is 1. The van der Waals surface area contributed by atoms with E-state index in [9.17, 15) is 39.3 Å². The zero-order valence-electron chi connectivity index (χ0n) is 26.9. The van der Waals surface area contributed by atoms with Crippen molar-refractivity contribution in [2.24, 2.45) is 28.6 Å². The minimum Gasteiger partial charge on any atom is -0.480 e. The van der Waals surface area contributed by atoms with Gasteiger partial charge in [0.05, 0.1) is 12.5 Å². The molecule has 1 heterocycles. The fourth-order valence-corrected chi connectivity index (χ4v) is 9.69. The van der Waals surface area contributed by atoms with Crippen LogP contribution in [0.1, 0.15) is 77.2 Å². The second kappa shape index (κ2) is 12.3. The molecule has 0 bridgehead atoms. The van der Waals surface area contributed by atoms with Gasteiger partial charge in [-0.1, -0.05) is 37.6 Å². The number of Topliss-reactive ketones (excluding diaryl/α,β-unsaturated/α-hetero) is 1. The van der Waals surface area contributed by atoms with Crippen LogP contribution in [0.5, 0.6) is 0 Å². The molecular weight excluding hydrogens is 604 g/mol. The molecule has 1 aromatic heterocycles. The first-order chi connectivity index (χ1) is 22.3. The maximum Gasteiger partial charge on any atom is 0.326 e. The molecule has 6 rings (SSSR count). The van der Waals surface area contributed by atoms with Gasteiger partial charge in [0.25, 0.3) is 0 Å². The normalized spacial score (nSPS) is 33.6. The number of aromatic amines is 1. The molecule has 0 unspecified atom stereocenters. The van der Waals surface area contributed by atoms with Crippen LogP contribution in [0.15, 0.2) is 42.1 Å². The number of H-pyrrole nitrogens is 1. The van der Waals surface area contributed by atoms with Gasteiger partial charge in [-0.05, 0) is 79.4 Å². The molecule has 5 N–H and O–H groups in total. The minimum absolute atomic E-state index is 0.00770. The molecule has 0 radical (unpaired) electrons. The highest BCUT2D eigenvalue weighted by molar-refractivity contribution is 5.92. The second-order valence-electron chi connectivity index (χ2n) is 14.6. The molecule has 47 heavy (non-hydrogen) atoms. The SMILES string of the molecule is C[C@]12CCC(=O)C=C1CC[C@@H]1[C@@H]2[C@@H](O)C[C@@]2(C)[C@H]1CC[C@]2(O)C(=O)COC(=O)CCC(=O)N[C@@H](Cc1c[nH]c2ccccc12)C(=O)O. The van der Waals surface area contributed by atoms with Crippen molar-refractivity contribution in [1.82, 2.24) is 10.3 Å². The molecule has 0 aliphatic heterocycles. The maximum atomic E-state index is 13.5. The summed E-state index contributed by atoms with van der Waals surface area (Å²) < 4.78 is 5.22. The van der Waals surface area contributed by atoms with E-state index in [0.29, 0.717) is 19.3 Å². The summed E-state index contributed by atoms with van der Waals surface area (Å²) >= 11 is 0. The summed E-state index contributed by atoms with van der Waals surface area (Å²) in [6.45, 7) is 3.35. The Morgan fingerprint density at radius 1 is 1.09 bits per heavy atom. The van der Waals surface area contributed by atoms with Crippen molar-refractivity contribution in [2.75, 3.05) is 6.61 Å². The Morgan fingerprint density at radius 2 is 1.85 bits per heavy atom. The van der Waals surface area contributed by atoms with Crippen molar-refractivity contribution >= 4 is 40.3 Å². The maximum absolute atomic E-state index is 13.5. The van der Waals surface area contributed by atoms with Gasteiger partial charge in [0.2, 0.25) is 11.7 Å². The van der Waals surface area contributed by atoms with E-state index < -0.39 is 53.4 Å². The molecule has 3 saturated carbocycles. The number of rotatable bonds is 10. The number of carbonyl (C=O) groups excluding carboxylic acids is 4. The number of ether oxygens (including phenoxy) is 1. The van der Waals surface area contributed by atoms with E-state index >= 15 is 0 Å². The average molecular weight is 649 g/mol. The Labute approximate surface area is 273 Å². The zero-order valence-corrected chi connectivity index (χ0v) is 26.9. The first-order valence-electron chi connectivity index (χ1n) is 16.7. The van der Waals surface area contributed by atoms with Crippen molar-refractivity contribution in [3.63, 3.8) is 0 Å². The summed E-state index contributed by atoms with van der Waals surface area (Å²) in [6, 6.07) is 6.22. The third-order valence-electron chi connectivity index (χ3n) is 12.2. The predicted octanol–water partition coefficient (Wildman–Crippen LogP) is 3.41. The van der Waals surface area contributed by atoms with Crippen LogP contribution in [-0.2, 0) is 35.1 Å². The summed E-state index contributed by atoms with van der Waals surface area (Å²) in [6.07, 6.45) is 5.80. The fraction of sp³-hybridized carbons (Fsp3) is 0.583. The van der Waals surface area contributed by atoms with E-state index in [4.69, 9.17) is 4.74 Å². The lowest BCUT2D eigenvalue weighted by molar-refractivity contribution is -0.184. The number of carboxylic acids is 1. The third kappa shape index (κ3) is 5.71. The molecule has 0 saturated heterocycles. The number of fused-ring (bicyclic) bond motifs is 6. The number of benzene rings is 1. The lowest BCUT2D eigenvalue weighted by Gasteiger charge is -2.60. The molecule has 3 fully saturated rings. The van der Waals surface area contributed by atoms with E-state index in [0.717, 1.165) is 34.9 Å². The molecule has 1 aromatic carbocycles. The van der Waals surface area contributed by atoms with Gasteiger partial charge < -0.3 is 30.4 Å². The number of nitrogens with one attached hydrogen (secondary N) is 2. The van der Waals surface area contributed by atoms with Crippen molar-refractivity contribution in [1.29, 1.82) is 0 Å². The number of allylic oxidation sites excluding steroid dienone is 1. The number of aliphatic hydroxyl groups excluding tert-OH is 1. The standard InChI is InChI=1S/C36H44N2O9/c1-34-13-11-22(39)16-21(34)7-8-24-25-12-14-36(46,35(25,2)17-28(40)32(24)34)29(41)19-47-31(43)10-9-30(42)38-27(33(44)45)15-20-18-37-26-6-4-3-5-23(20)26/h3-6,16,18,24-25,27-28,32,37,40,46H,7-15,17,19H2,1-2H3,(H,38,42)(H,44,45)/t24-,25-,27-,28-,32+,34-,35-,36-/m0/s1. The van der Waals surface area contributed by atoms with Crippen LogP contribution < -0.4 is 5.32 Å². The molecule has 8 atom stereocenters. The number of amides is 1. The summed E-state index contributed by atoms with van der Waals surface area (Å²) in [4.78, 5) is 65.8. The quantitative estimate of drug-likeness (QED) is 0.241. The number of aliphatic hydroxyl groups is 2. The van der Waals surface area contributed by atoms with E-state index in [1.54, 1.807) is 12.3 Å².